The summed E-state index contributed by atoms with van der Waals surface area (Å²) in [6.45, 7) is -0.379. The highest BCUT2D eigenvalue weighted by molar-refractivity contribution is 6.39. The van der Waals surface area contributed by atoms with E-state index >= 15 is 0 Å². The Balaban J connectivity index is 1.95. The predicted octanol–water partition coefficient (Wildman–Crippen LogP) is 1.23. The lowest BCUT2D eigenvalue weighted by Crippen LogP contribution is -2.54. The molecule has 10 nitrogen and oxygen atoms in total. The zero-order valence-electron chi connectivity index (χ0n) is 16.7. The Hall–Kier alpha value is -4.34. The molecule has 0 saturated carbocycles. The van der Waals surface area contributed by atoms with Gasteiger partial charge in [-0.25, -0.2) is 9.69 Å². The van der Waals surface area contributed by atoms with Crippen molar-refractivity contribution in [1.82, 2.24) is 5.32 Å². The van der Waals surface area contributed by atoms with Crippen LogP contribution < -0.4 is 30.2 Å². The number of anilines is 1. The second-order valence-electron chi connectivity index (χ2n) is 6.32. The van der Waals surface area contributed by atoms with E-state index in [9.17, 15) is 19.2 Å². The van der Waals surface area contributed by atoms with Gasteiger partial charge in [-0.15, -0.1) is 0 Å². The number of rotatable bonds is 7. The van der Waals surface area contributed by atoms with Crippen LogP contribution >= 0.6 is 0 Å². The number of hydrogen-bond acceptors (Lipinski definition) is 7. The average molecular weight is 425 g/mol. The van der Waals surface area contributed by atoms with Crippen molar-refractivity contribution in [3.05, 3.63) is 53.6 Å². The fourth-order valence-electron chi connectivity index (χ4n) is 2.83. The molecule has 0 aromatic heterocycles. The summed E-state index contributed by atoms with van der Waals surface area (Å²) in [6, 6.07) is 9.95. The number of carbonyl (C=O) groups excluding carboxylic acids is 4. The van der Waals surface area contributed by atoms with E-state index in [-0.39, 0.29) is 23.6 Å². The third-order valence-corrected chi connectivity index (χ3v) is 4.30. The van der Waals surface area contributed by atoms with Crippen LogP contribution in [0.5, 0.6) is 17.2 Å². The van der Waals surface area contributed by atoms with Gasteiger partial charge in [0.05, 0.1) is 19.9 Å². The molecule has 0 spiro atoms. The van der Waals surface area contributed by atoms with Crippen LogP contribution in [0.15, 0.2) is 48.0 Å². The number of carbonyl (C=O) groups is 4. The van der Waals surface area contributed by atoms with Gasteiger partial charge in [-0.3, -0.25) is 19.7 Å². The highest BCUT2D eigenvalue weighted by Gasteiger charge is 2.36. The summed E-state index contributed by atoms with van der Waals surface area (Å²) in [5.41, 5.74) is 5.51. The largest absolute Gasteiger partial charge is 0.497 e. The Kier molecular flexibility index (Phi) is 6.20. The highest BCUT2D eigenvalue weighted by atomic mass is 16.5. The molecule has 160 valence electrons. The molecule has 10 heteroatoms. The topological polar surface area (TPSA) is 137 Å². The van der Waals surface area contributed by atoms with E-state index in [0.29, 0.717) is 17.1 Å². The summed E-state index contributed by atoms with van der Waals surface area (Å²) in [7, 11) is 2.91. The van der Waals surface area contributed by atoms with Crippen LogP contribution in [-0.2, 0) is 14.4 Å². The summed E-state index contributed by atoms with van der Waals surface area (Å²) in [4.78, 5) is 49.4. The van der Waals surface area contributed by atoms with E-state index in [1.807, 2.05) is 0 Å². The zero-order valence-corrected chi connectivity index (χ0v) is 16.7. The molecule has 1 heterocycles. The van der Waals surface area contributed by atoms with E-state index in [2.05, 4.69) is 5.32 Å². The summed E-state index contributed by atoms with van der Waals surface area (Å²) < 4.78 is 15.5. The Morgan fingerprint density at radius 3 is 2.35 bits per heavy atom. The Bertz CT molecular complexity index is 1080. The van der Waals surface area contributed by atoms with Crippen molar-refractivity contribution < 1.29 is 33.4 Å². The van der Waals surface area contributed by atoms with Gasteiger partial charge in [-0.1, -0.05) is 6.07 Å². The molecule has 2 aromatic carbocycles. The molecule has 0 aliphatic carbocycles. The lowest BCUT2D eigenvalue weighted by Gasteiger charge is -2.26. The smallest absolute Gasteiger partial charge is 0.335 e. The molecule has 3 rings (SSSR count). The number of primary amides is 1. The van der Waals surface area contributed by atoms with Crippen molar-refractivity contribution in [3.8, 4) is 17.2 Å². The molecule has 2 aromatic rings. The minimum Gasteiger partial charge on any atom is -0.497 e. The minimum atomic E-state index is -0.863. The molecule has 1 aliphatic heterocycles. The quantitative estimate of drug-likeness (QED) is 0.503. The van der Waals surface area contributed by atoms with Crippen molar-refractivity contribution in [1.29, 1.82) is 0 Å². The van der Waals surface area contributed by atoms with Gasteiger partial charge in [0.15, 0.2) is 18.1 Å². The summed E-state index contributed by atoms with van der Waals surface area (Å²) in [5, 5.41) is 2.15. The van der Waals surface area contributed by atoms with Crippen LogP contribution in [0.4, 0.5) is 10.5 Å². The Morgan fingerprint density at radius 2 is 1.74 bits per heavy atom. The summed E-state index contributed by atoms with van der Waals surface area (Å²) >= 11 is 0. The SMILES string of the molecule is COc1ccc(N2C(=O)NC(=O)C(=Cc3ccc(OC)c(OCC(N)=O)c3)C2=O)cc1. The molecule has 0 atom stereocenters. The van der Waals surface area contributed by atoms with Gasteiger partial charge in [0.2, 0.25) is 0 Å². The zero-order chi connectivity index (χ0) is 22.5. The molecule has 1 aliphatic rings. The monoisotopic (exact) mass is 425 g/mol. The van der Waals surface area contributed by atoms with Crippen LogP contribution in [0.1, 0.15) is 5.56 Å². The average Bonchev–Trinajstić information content (AvgIpc) is 2.75. The number of urea groups is 1. The van der Waals surface area contributed by atoms with Crippen molar-refractivity contribution in [2.75, 3.05) is 25.7 Å². The van der Waals surface area contributed by atoms with Gasteiger partial charge in [-0.2, -0.15) is 0 Å². The second-order valence-corrected chi connectivity index (χ2v) is 6.32. The maximum absolute atomic E-state index is 13.0. The Labute approximate surface area is 177 Å². The lowest BCUT2D eigenvalue weighted by atomic mass is 10.1. The fourth-order valence-corrected chi connectivity index (χ4v) is 2.83. The number of benzene rings is 2. The molecule has 1 fully saturated rings. The van der Waals surface area contributed by atoms with Crippen LogP contribution in [0.3, 0.4) is 0 Å². The van der Waals surface area contributed by atoms with Gasteiger partial charge in [0, 0.05) is 0 Å². The normalized spacial score (nSPS) is 15.0. The molecule has 0 unspecified atom stereocenters. The first kappa shape index (κ1) is 21.4. The molecule has 5 amide bonds. The summed E-state index contributed by atoms with van der Waals surface area (Å²) in [5.74, 6) is -1.24. The first-order valence-corrected chi connectivity index (χ1v) is 8.98. The number of imide groups is 2. The molecule has 3 N–H and O–H groups in total. The van der Waals surface area contributed by atoms with E-state index in [0.717, 1.165) is 4.90 Å². The van der Waals surface area contributed by atoms with Gasteiger partial charge in [-0.05, 0) is 48.0 Å². The number of nitrogens with zero attached hydrogens (tertiary/aromatic N) is 1. The highest BCUT2D eigenvalue weighted by Crippen LogP contribution is 2.30. The molecular weight excluding hydrogens is 406 g/mol. The lowest BCUT2D eigenvalue weighted by molar-refractivity contribution is -0.123. The number of barbiturate groups is 1. The molecule has 1 saturated heterocycles. The van der Waals surface area contributed by atoms with Crippen LogP contribution in [0.2, 0.25) is 0 Å². The minimum absolute atomic E-state index is 0.197. The maximum Gasteiger partial charge on any atom is 0.335 e. The number of hydrogen-bond donors (Lipinski definition) is 2. The van der Waals surface area contributed by atoms with Gasteiger partial charge in [0.25, 0.3) is 17.7 Å². The molecule has 31 heavy (non-hydrogen) atoms. The first-order chi connectivity index (χ1) is 14.8. The summed E-state index contributed by atoms with van der Waals surface area (Å²) in [6.07, 6.45) is 1.30. The van der Waals surface area contributed by atoms with Crippen LogP contribution in [-0.4, -0.2) is 44.6 Å². The van der Waals surface area contributed by atoms with Gasteiger partial charge < -0.3 is 19.9 Å². The second kappa shape index (κ2) is 8.99. The van der Waals surface area contributed by atoms with E-state index in [1.54, 1.807) is 24.3 Å². The van der Waals surface area contributed by atoms with Crippen molar-refractivity contribution in [2.24, 2.45) is 5.73 Å². The van der Waals surface area contributed by atoms with E-state index in [1.165, 1.54) is 38.5 Å². The molecule has 0 radical (unpaired) electrons. The van der Waals surface area contributed by atoms with Crippen molar-refractivity contribution in [2.45, 2.75) is 0 Å². The maximum atomic E-state index is 13.0. The molecule has 0 bridgehead atoms. The van der Waals surface area contributed by atoms with Crippen LogP contribution in [0, 0.1) is 0 Å². The first-order valence-electron chi connectivity index (χ1n) is 8.98. The van der Waals surface area contributed by atoms with Crippen LogP contribution in [0.25, 0.3) is 6.08 Å². The third-order valence-electron chi connectivity index (χ3n) is 4.30. The third kappa shape index (κ3) is 4.64. The van der Waals surface area contributed by atoms with E-state index in [4.69, 9.17) is 19.9 Å². The molecular formula is C21H19N3O7. The number of nitrogens with two attached hydrogens (primary N) is 1. The predicted molar refractivity (Wildman–Crippen MR) is 110 cm³/mol. The van der Waals surface area contributed by atoms with Crippen molar-refractivity contribution in [3.63, 3.8) is 0 Å². The number of methoxy groups -OCH3 is 2. The van der Waals surface area contributed by atoms with Gasteiger partial charge in [0.1, 0.15) is 11.3 Å². The van der Waals surface area contributed by atoms with Gasteiger partial charge >= 0.3 is 6.03 Å². The van der Waals surface area contributed by atoms with Crippen molar-refractivity contribution >= 4 is 35.5 Å². The standard InChI is InChI=1S/C21H19N3O7/c1-29-14-6-4-13(5-7-14)24-20(27)15(19(26)23-21(24)28)9-12-3-8-16(30-2)17(10-12)31-11-18(22)25/h3-10H,11H2,1-2H3,(H2,22,25)(H,23,26,28). The Morgan fingerprint density at radius 1 is 1.03 bits per heavy atom. The van der Waals surface area contributed by atoms with E-state index < -0.39 is 23.8 Å². The number of nitrogens with one attached hydrogen (secondary N) is 1. The number of ether oxygens (including phenoxy) is 3. The fraction of sp³-hybridized carbons (Fsp3) is 0.143. The number of amides is 5.